The summed E-state index contributed by atoms with van der Waals surface area (Å²) in [5.74, 6) is 0.636. The van der Waals surface area contributed by atoms with Crippen LogP contribution < -0.4 is 5.32 Å². The van der Waals surface area contributed by atoms with Crippen LogP contribution in [0.4, 0.5) is 5.82 Å². The van der Waals surface area contributed by atoms with Gasteiger partial charge in [-0.25, -0.2) is 9.98 Å². The lowest BCUT2D eigenvalue weighted by atomic mass is 10.1. The number of amides is 1. The van der Waals surface area contributed by atoms with Gasteiger partial charge in [-0.2, -0.15) is 0 Å². The fourth-order valence-electron chi connectivity index (χ4n) is 2.34. The fraction of sp³-hybridized carbons (Fsp3) is 0.235. The Hall–Kier alpha value is -2.14. The van der Waals surface area contributed by atoms with Gasteiger partial charge in [0.2, 0.25) is 5.91 Å². The van der Waals surface area contributed by atoms with E-state index < -0.39 is 0 Å². The molecule has 2 aromatic rings. The van der Waals surface area contributed by atoms with Crippen LogP contribution in [0.25, 0.3) is 0 Å². The lowest BCUT2D eigenvalue weighted by molar-refractivity contribution is -0.118. The van der Waals surface area contributed by atoms with E-state index in [0.717, 1.165) is 5.69 Å². The number of aromatic nitrogens is 1. The number of hydrogen-bond donors (Lipinski definition) is 1. The number of carbonyl (C=O) groups is 1. The van der Waals surface area contributed by atoms with Gasteiger partial charge in [0.15, 0.2) is 11.0 Å². The third kappa shape index (κ3) is 3.54. The molecule has 2 heterocycles. The third-order valence-electron chi connectivity index (χ3n) is 3.37. The van der Waals surface area contributed by atoms with Crippen molar-refractivity contribution in [1.82, 2.24) is 10.3 Å². The Kier molecular flexibility index (Phi) is 4.24. The predicted molar refractivity (Wildman–Crippen MR) is 90.5 cm³/mol. The maximum absolute atomic E-state index is 12.1. The number of amidine groups is 1. The predicted octanol–water partition coefficient (Wildman–Crippen LogP) is 3.16. The number of aryl methyl sites for hydroxylation is 2. The van der Waals surface area contributed by atoms with Crippen LogP contribution >= 0.6 is 11.8 Å². The van der Waals surface area contributed by atoms with Crippen molar-refractivity contribution in [2.24, 2.45) is 4.99 Å². The molecule has 1 aliphatic rings. The molecule has 1 saturated heterocycles. The molecule has 1 N–H and O–H groups in total. The summed E-state index contributed by atoms with van der Waals surface area (Å²) in [6, 6.07) is 13.9. The fourth-order valence-corrected chi connectivity index (χ4v) is 3.36. The molecule has 22 heavy (non-hydrogen) atoms. The number of benzene rings is 1. The van der Waals surface area contributed by atoms with Crippen molar-refractivity contribution in [1.29, 1.82) is 0 Å². The average molecular weight is 311 g/mol. The van der Waals surface area contributed by atoms with Crippen molar-refractivity contribution in [3.63, 3.8) is 0 Å². The quantitative estimate of drug-likeness (QED) is 0.947. The van der Waals surface area contributed by atoms with Crippen LogP contribution in [0.15, 0.2) is 47.5 Å². The number of carbonyl (C=O) groups excluding carboxylic acids is 1. The summed E-state index contributed by atoms with van der Waals surface area (Å²) in [6.07, 6.45) is 0.707. The van der Waals surface area contributed by atoms with E-state index in [1.807, 2.05) is 31.2 Å². The Labute approximate surface area is 134 Å². The smallest absolute Gasteiger partial charge is 0.239 e. The van der Waals surface area contributed by atoms with Gasteiger partial charge >= 0.3 is 0 Å². The maximum atomic E-state index is 12.1. The molecule has 1 aliphatic heterocycles. The number of hydrogen-bond acceptors (Lipinski definition) is 4. The first kappa shape index (κ1) is 14.8. The van der Waals surface area contributed by atoms with Gasteiger partial charge in [-0.1, -0.05) is 47.7 Å². The standard InChI is InChI=1S/C17H17N3OS/c1-11-5-3-7-13(9-11)10-14-16(21)20-17(22-14)19-15-8-4-6-12(2)18-15/h3-9,14H,10H2,1-2H3,(H,18,19,20,21)/t14-/m1/s1. The number of thioether (sulfide) groups is 1. The van der Waals surface area contributed by atoms with Crippen molar-refractivity contribution in [2.45, 2.75) is 25.5 Å². The van der Waals surface area contributed by atoms with Gasteiger partial charge < -0.3 is 5.32 Å². The first-order valence-corrected chi connectivity index (χ1v) is 8.03. The zero-order valence-electron chi connectivity index (χ0n) is 12.5. The van der Waals surface area contributed by atoms with Crippen molar-refractivity contribution >= 4 is 28.7 Å². The van der Waals surface area contributed by atoms with Gasteiger partial charge in [0.25, 0.3) is 0 Å². The molecule has 0 unspecified atom stereocenters. The molecule has 5 heteroatoms. The van der Waals surface area contributed by atoms with E-state index in [1.54, 1.807) is 0 Å². The number of rotatable bonds is 3. The minimum absolute atomic E-state index is 0.0120. The van der Waals surface area contributed by atoms with Crippen molar-refractivity contribution in [3.05, 3.63) is 59.3 Å². The molecule has 1 atom stereocenters. The Balaban J connectivity index is 1.73. The molecule has 0 radical (unpaired) electrons. The van der Waals surface area contributed by atoms with Gasteiger partial charge in [0.1, 0.15) is 0 Å². The number of nitrogens with zero attached hydrogens (tertiary/aromatic N) is 2. The van der Waals surface area contributed by atoms with Crippen molar-refractivity contribution < 1.29 is 4.79 Å². The van der Waals surface area contributed by atoms with E-state index in [-0.39, 0.29) is 11.2 Å². The first-order valence-electron chi connectivity index (χ1n) is 7.15. The average Bonchev–Trinajstić information content (AvgIpc) is 2.79. The molecule has 1 aromatic heterocycles. The van der Waals surface area contributed by atoms with Crippen LogP contribution in [0.1, 0.15) is 16.8 Å². The van der Waals surface area contributed by atoms with Crippen LogP contribution in [-0.4, -0.2) is 21.3 Å². The molecule has 112 valence electrons. The Morgan fingerprint density at radius 1 is 1.23 bits per heavy atom. The molecule has 0 bridgehead atoms. The SMILES string of the molecule is Cc1cccc(C[C@H]2SC(=Nc3cccc(C)n3)NC2=O)c1. The van der Waals surface area contributed by atoms with Gasteiger partial charge in [-0.3, -0.25) is 4.79 Å². The van der Waals surface area contributed by atoms with Crippen LogP contribution in [0.3, 0.4) is 0 Å². The summed E-state index contributed by atoms with van der Waals surface area (Å²) in [7, 11) is 0. The molecule has 0 spiro atoms. The van der Waals surface area contributed by atoms with E-state index in [1.165, 1.54) is 22.9 Å². The second-order valence-corrected chi connectivity index (χ2v) is 6.53. The molecule has 0 aliphatic carbocycles. The highest BCUT2D eigenvalue weighted by atomic mass is 32.2. The van der Waals surface area contributed by atoms with Gasteiger partial charge in [0.05, 0.1) is 5.25 Å². The molecule has 1 amide bonds. The minimum Gasteiger partial charge on any atom is -0.304 e. The summed E-state index contributed by atoms with van der Waals surface area (Å²) >= 11 is 1.47. The van der Waals surface area contributed by atoms with Crippen LogP contribution in [-0.2, 0) is 11.2 Å². The minimum atomic E-state index is -0.134. The van der Waals surface area contributed by atoms with Crippen LogP contribution in [0.5, 0.6) is 0 Å². The molecular weight excluding hydrogens is 294 g/mol. The highest BCUT2D eigenvalue weighted by Gasteiger charge is 2.30. The molecule has 1 fully saturated rings. The number of nitrogens with one attached hydrogen (secondary N) is 1. The molecule has 4 nitrogen and oxygen atoms in total. The highest BCUT2D eigenvalue weighted by molar-refractivity contribution is 8.15. The molecule has 3 rings (SSSR count). The second-order valence-electron chi connectivity index (χ2n) is 5.34. The van der Waals surface area contributed by atoms with E-state index in [0.29, 0.717) is 17.4 Å². The summed E-state index contributed by atoms with van der Waals surface area (Å²) in [6.45, 7) is 3.98. The zero-order valence-corrected chi connectivity index (χ0v) is 13.4. The summed E-state index contributed by atoms with van der Waals surface area (Å²) in [4.78, 5) is 20.8. The van der Waals surface area contributed by atoms with E-state index >= 15 is 0 Å². The van der Waals surface area contributed by atoms with Crippen molar-refractivity contribution in [2.75, 3.05) is 0 Å². The molecular formula is C17H17N3OS. The highest BCUT2D eigenvalue weighted by Crippen LogP contribution is 2.25. The normalized spacial score (nSPS) is 19.5. The summed E-state index contributed by atoms with van der Waals surface area (Å²) in [5, 5.41) is 3.33. The Morgan fingerprint density at radius 3 is 2.82 bits per heavy atom. The van der Waals surface area contributed by atoms with Gasteiger partial charge in [-0.05, 0) is 38.0 Å². The molecule has 0 saturated carbocycles. The Morgan fingerprint density at radius 2 is 2.05 bits per heavy atom. The monoisotopic (exact) mass is 311 g/mol. The van der Waals surface area contributed by atoms with E-state index in [2.05, 4.69) is 40.4 Å². The topological polar surface area (TPSA) is 54.4 Å². The summed E-state index contributed by atoms with van der Waals surface area (Å²) in [5.41, 5.74) is 3.29. The summed E-state index contributed by atoms with van der Waals surface area (Å²) < 4.78 is 0. The van der Waals surface area contributed by atoms with E-state index in [4.69, 9.17) is 0 Å². The second kappa shape index (κ2) is 6.32. The van der Waals surface area contributed by atoms with Gasteiger partial charge in [0, 0.05) is 5.69 Å². The van der Waals surface area contributed by atoms with Gasteiger partial charge in [-0.15, -0.1) is 0 Å². The largest absolute Gasteiger partial charge is 0.304 e. The number of aliphatic imine (C=N–C) groups is 1. The van der Waals surface area contributed by atoms with Crippen molar-refractivity contribution in [3.8, 4) is 0 Å². The third-order valence-corrected chi connectivity index (χ3v) is 4.45. The zero-order chi connectivity index (χ0) is 15.5. The first-order chi connectivity index (χ1) is 10.6. The van der Waals surface area contributed by atoms with Crippen LogP contribution in [0, 0.1) is 13.8 Å². The molecule has 1 aromatic carbocycles. The lowest BCUT2D eigenvalue weighted by Gasteiger charge is -2.05. The van der Waals surface area contributed by atoms with Crippen LogP contribution in [0.2, 0.25) is 0 Å². The maximum Gasteiger partial charge on any atom is 0.239 e. The lowest BCUT2D eigenvalue weighted by Crippen LogP contribution is -2.26. The number of pyridine rings is 1. The Bertz CT molecular complexity index is 742. The van der Waals surface area contributed by atoms with E-state index in [9.17, 15) is 4.79 Å².